The average Bonchev–Trinajstić information content (AvgIpc) is 0.762. The Hall–Kier alpha value is -14.5. The van der Waals surface area contributed by atoms with Gasteiger partial charge in [-0.2, -0.15) is 0 Å². The zero-order valence-corrected chi connectivity index (χ0v) is 84.5. The molecule has 1 fully saturated rings. The second-order valence-electron chi connectivity index (χ2n) is 33.7. The van der Waals surface area contributed by atoms with Crippen LogP contribution in [0, 0.1) is 0 Å². The molecule has 11 rings (SSSR count). The third-order valence-electron chi connectivity index (χ3n) is 20.8. The molecule has 1 saturated heterocycles. The molecule has 30 nitrogen and oxygen atoms in total. The maximum Gasteiger partial charge on any atom is 0.343 e. The Balaban J connectivity index is 0.870. The molecule has 0 aliphatic carbocycles. The molecule has 10 aromatic rings. The van der Waals surface area contributed by atoms with Crippen molar-refractivity contribution in [2.45, 2.75) is 130 Å². The molecule has 0 unspecified atom stereocenters. The van der Waals surface area contributed by atoms with Crippen LogP contribution in [0.4, 0.5) is 0 Å². The van der Waals surface area contributed by atoms with E-state index in [0.717, 1.165) is 0 Å². The van der Waals surface area contributed by atoms with Crippen LogP contribution in [0.3, 0.4) is 0 Å². The molecule has 0 spiro atoms. The van der Waals surface area contributed by atoms with Crippen LogP contribution in [0.25, 0.3) is 0 Å². The van der Waals surface area contributed by atoms with Crippen molar-refractivity contribution in [1.82, 2.24) is 0 Å². The van der Waals surface area contributed by atoms with Gasteiger partial charge in [0.2, 0.25) is 0 Å². The lowest BCUT2D eigenvalue weighted by Crippen LogP contribution is -2.67. The first-order chi connectivity index (χ1) is 66.7. The van der Waals surface area contributed by atoms with E-state index in [1.54, 1.807) is 121 Å². The maximum absolute atomic E-state index is 13.5. The van der Waals surface area contributed by atoms with E-state index in [0.29, 0.717) is 91.1 Å². The van der Waals surface area contributed by atoms with Crippen LogP contribution in [0.2, 0.25) is 63.0 Å². The van der Waals surface area contributed by atoms with Gasteiger partial charge in [0.1, 0.15) is 86.2 Å². The molecule has 1 aliphatic rings. The zero-order chi connectivity index (χ0) is 101. The summed E-state index contributed by atoms with van der Waals surface area (Å²) in [5.74, 6) is -1.61. The van der Waals surface area contributed by atoms with Crippen molar-refractivity contribution < 1.29 is 140 Å². The number of hydrogen-bond acceptors (Lipinski definition) is 30. The minimum atomic E-state index is -3.68. The Bertz CT molecular complexity index is 5220. The number of benzene rings is 10. The summed E-state index contributed by atoms with van der Waals surface area (Å²) in [7, 11) is -18.4. The number of esters is 10. The quantitative estimate of drug-likeness (QED) is 0.0112. The highest BCUT2D eigenvalue weighted by Gasteiger charge is 2.57. The molecule has 10 aromatic carbocycles. The molecule has 1 heterocycles. The molecule has 0 radical (unpaired) electrons. The fraction of sp³-hybridized carbons (Fsp3) is 0.238. The van der Waals surface area contributed by atoms with E-state index in [2.05, 4.69) is 32.9 Å². The van der Waals surface area contributed by atoms with E-state index in [1.165, 1.54) is 156 Å². The van der Waals surface area contributed by atoms with Crippen molar-refractivity contribution in [2.24, 2.45) is 0 Å². The van der Waals surface area contributed by atoms with Gasteiger partial charge in [-0.25, -0.2) is 47.9 Å². The lowest BCUT2D eigenvalue weighted by atomic mass is 10.2. The van der Waals surface area contributed by atoms with Gasteiger partial charge in [0.15, 0.2) is 0 Å². The van der Waals surface area contributed by atoms with Crippen molar-refractivity contribution in [3.05, 3.63) is 331 Å². The van der Waals surface area contributed by atoms with E-state index in [1.807, 2.05) is 32.7 Å². The standard InChI is InChI=1S/C105H110O30Si5/c1-71(2)96(106)121-86-41-51-91(52-42-86)126-101(111)76-21-31-81(32-22-76)116-61-16-66-136(11)131-137(12,67-17-62-117-82-33-23-77(24-34-82)102(112)127-92-53-43-87(44-54-92)122-97(107)72(3)4)133-139(14,69-19-64-119-84-37-27-79(28-38-84)104(114)129-94-57-47-89(48-58-94)124-99(109)74(7)8)135-140(15,70-20-65-120-85-39-29-80(30-40-85)105(115)130-95-59-49-90(50-60-95)125-100(110)75(9)10)134-138(13,132-136)68-18-63-118-83-35-25-78(26-36-83)103(113)128-93-55-45-88(46-56-93)123-98(108)73(5)6/h21-60H,1,3,5,7,9,16-20,61-70H2,2,4,6,8,10-15H3. The molecule has 0 N–H and O–H groups in total. The Morgan fingerprint density at radius 3 is 0.429 bits per heavy atom. The largest absolute Gasteiger partial charge is 0.494 e. The minimum absolute atomic E-state index is 0.165. The fourth-order valence-electron chi connectivity index (χ4n) is 13.9. The third-order valence-corrected chi connectivity index (χ3v) is 44.4. The van der Waals surface area contributed by atoms with Crippen molar-refractivity contribution in [1.29, 1.82) is 0 Å². The van der Waals surface area contributed by atoms with Crippen LogP contribution in [-0.4, -0.2) is 136 Å². The smallest absolute Gasteiger partial charge is 0.343 e. The monoisotopic (exact) mass is 1990 g/mol. The van der Waals surface area contributed by atoms with Gasteiger partial charge in [-0.05, 0) is 372 Å². The molecular weight excluding hydrogens is 1880 g/mol. The molecule has 0 saturated carbocycles. The Kier molecular flexibility index (Phi) is 37.6. The normalized spacial score (nSPS) is 17.1. The molecule has 0 atom stereocenters. The summed E-state index contributed by atoms with van der Waals surface area (Å²) in [6, 6.07) is 64.2. The Labute approximate surface area is 817 Å². The number of rotatable bonds is 45. The molecule has 35 heteroatoms. The van der Waals surface area contributed by atoms with Crippen molar-refractivity contribution in [3.63, 3.8) is 0 Å². The molecule has 730 valence electrons. The van der Waals surface area contributed by atoms with Gasteiger partial charge >= 0.3 is 102 Å². The second kappa shape index (κ2) is 49.7. The lowest BCUT2D eigenvalue weighted by Gasteiger charge is -2.50. The minimum Gasteiger partial charge on any atom is -0.494 e. The summed E-state index contributed by atoms with van der Waals surface area (Å²) in [6.45, 7) is 36.6. The van der Waals surface area contributed by atoms with Crippen LogP contribution in [0.1, 0.15) is 119 Å². The highest BCUT2D eigenvalue weighted by atomic mass is 28.5. The second-order valence-corrected chi connectivity index (χ2v) is 51.6. The number of carbonyl (C=O) groups is 10. The van der Waals surface area contributed by atoms with Gasteiger partial charge < -0.3 is 91.6 Å². The van der Waals surface area contributed by atoms with Crippen LogP contribution in [-0.2, 0) is 44.5 Å². The highest BCUT2D eigenvalue weighted by molar-refractivity contribution is 6.94. The van der Waals surface area contributed by atoms with E-state index in [4.69, 9.17) is 91.6 Å². The first-order valence-corrected chi connectivity index (χ1v) is 57.5. The van der Waals surface area contributed by atoms with Crippen molar-refractivity contribution >= 4 is 102 Å². The summed E-state index contributed by atoms with van der Waals surface area (Å²) in [6.07, 6.45) is 1.97. The molecule has 0 bridgehead atoms. The van der Waals surface area contributed by atoms with Gasteiger partial charge in [0.05, 0.1) is 60.9 Å². The summed E-state index contributed by atoms with van der Waals surface area (Å²) in [5, 5.41) is 0. The van der Waals surface area contributed by atoms with Gasteiger partial charge in [-0.15, -0.1) is 0 Å². The van der Waals surface area contributed by atoms with E-state index in [9.17, 15) is 47.9 Å². The lowest BCUT2D eigenvalue weighted by molar-refractivity contribution is -0.130. The summed E-state index contributed by atoms with van der Waals surface area (Å²) in [5.41, 5.74) is 2.29. The average molecular weight is 1990 g/mol. The SMILES string of the molecule is C=C(C)C(=O)Oc1ccc(OC(=O)c2ccc(OCCC[Si]3(C)O[Si](C)(CCCOc4ccc(C(=O)Oc5ccc(OC(=O)C(=C)C)cc5)cc4)O[Si](C)(CCCOc4ccc(C(=O)Oc5ccc(OC(=O)C(=C)C)cc5)cc4)O[Si](C)(CCCOc4ccc(C(=O)Oc5ccc(OC(=O)C(=C)C)cc5)cc4)O[Si](C)(CCCOc4ccc(C(=O)Oc5ccc(OC(=O)C(=C)C)cc5)cc4)O3)cc2)cc1. The summed E-state index contributed by atoms with van der Waals surface area (Å²) in [4.78, 5) is 128. The summed E-state index contributed by atoms with van der Waals surface area (Å²) < 4.78 is 126. The maximum atomic E-state index is 13.5. The Morgan fingerprint density at radius 2 is 0.307 bits per heavy atom. The van der Waals surface area contributed by atoms with E-state index in [-0.39, 0.29) is 146 Å². The predicted molar refractivity (Wildman–Crippen MR) is 530 cm³/mol. The van der Waals surface area contributed by atoms with Crippen LogP contribution >= 0.6 is 0 Å². The fourth-order valence-corrected chi connectivity index (χ4v) is 42.9. The molecule has 0 amide bonds. The molecule has 0 aromatic heterocycles. The topological polar surface area (TPSA) is 355 Å². The zero-order valence-electron chi connectivity index (χ0n) is 79.5. The van der Waals surface area contributed by atoms with Crippen LogP contribution in [0.5, 0.6) is 86.2 Å². The Morgan fingerprint density at radius 1 is 0.193 bits per heavy atom. The number of ether oxygens (including phenoxy) is 15. The summed E-state index contributed by atoms with van der Waals surface area (Å²) >= 11 is 0. The first-order valence-electron chi connectivity index (χ1n) is 44.9. The van der Waals surface area contributed by atoms with Gasteiger partial charge in [0, 0.05) is 27.9 Å². The molecule has 1 aliphatic heterocycles. The van der Waals surface area contributed by atoms with Crippen LogP contribution < -0.4 is 71.1 Å². The molecule has 140 heavy (non-hydrogen) atoms. The number of hydrogen-bond donors (Lipinski definition) is 0. The molecular formula is C105H110O30Si5. The van der Waals surface area contributed by atoms with Gasteiger partial charge in [-0.3, -0.25) is 0 Å². The first kappa shape index (κ1) is 106. The van der Waals surface area contributed by atoms with Crippen molar-refractivity contribution in [2.75, 3.05) is 33.0 Å². The van der Waals surface area contributed by atoms with Crippen molar-refractivity contribution in [3.8, 4) is 86.2 Å². The van der Waals surface area contributed by atoms with E-state index >= 15 is 0 Å². The highest BCUT2D eigenvalue weighted by Crippen LogP contribution is 2.41. The van der Waals surface area contributed by atoms with E-state index < -0.39 is 102 Å². The predicted octanol–water partition coefficient (Wildman–Crippen LogP) is 21.3. The van der Waals surface area contributed by atoms with Crippen LogP contribution in [0.15, 0.2) is 303 Å². The third kappa shape index (κ3) is 33.4. The van der Waals surface area contributed by atoms with Gasteiger partial charge in [0.25, 0.3) is 0 Å². The number of carbonyl (C=O) groups excluding carboxylic acids is 10. The van der Waals surface area contributed by atoms with Gasteiger partial charge in [-0.1, -0.05) is 32.9 Å².